The molecule has 10 heteroatoms. The second-order valence-electron chi connectivity index (χ2n) is 11.4. The Morgan fingerprint density at radius 3 is 2.68 bits per heavy atom. The van der Waals surface area contributed by atoms with Gasteiger partial charge < -0.3 is 10.6 Å². The molecule has 3 N–H and O–H groups in total. The summed E-state index contributed by atoms with van der Waals surface area (Å²) in [5, 5.41) is 14.3. The lowest BCUT2D eigenvalue weighted by atomic mass is 9.62. The predicted octanol–water partition coefficient (Wildman–Crippen LogP) is 6.55. The number of fused-ring (bicyclic) bond motifs is 1. The Bertz CT molecular complexity index is 1320. The van der Waals surface area contributed by atoms with E-state index in [-0.39, 0.29) is 23.2 Å². The fraction of sp³-hybridized carbons (Fsp3) is 0.500. The minimum Gasteiger partial charge on any atom is -0.349 e. The van der Waals surface area contributed by atoms with Crippen LogP contribution in [0, 0.1) is 5.41 Å². The van der Waals surface area contributed by atoms with Gasteiger partial charge in [-0.2, -0.15) is 23.3 Å². The zero-order valence-corrected chi connectivity index (χ0v) is 21.1. The summed E-state index contributed by atoms with van der Waals surface area (Å²) in [7, 11) is 0. The van der Waals surface area contributed by atoms with Gasteiger partial charge >= 0.3 is 6.18 Å². The van der Waals surface area contributed by atoms with Gasteiger partial charge in [0.25, 0.3) is 0 Å². The second-order valence-corrected chi connectivity index (χ2v) is 11.4. The molecule has 0 amide bonds. The number of carbonyl (C=O) groups is 1. The molecule has 0 unspecified atom stereocenters. The lowest BCUT2D eigenvalue weighted by molar-refractivity contribution is -0.137. The Morgan fingerprint density at radius 1 is 1.08 bits per heavy atom. The van der Waals surface area contributed by atoms with Crippen LogP contribution in [0.4, 0.5) is 30.8 Å². The van der Waals surface area contributed by atoms with Crippen LogP contribution in [-0.4, -0.2) is 31.5 Å². The van der Waals surface area contributed by atoms with Crippen LogP contribution in [0.2, 0.25) is 0 Å². The Balaban J connectivity index is 1.04. The molecule has 0 aliphatic heterocycles. The highest BCUT2D eigenvalue weighted by atomic mass is 19.4. The van der Waals surface area contributed by atoms with Crippen LogP contribution < -0.4 is 10.6 Å². The van der Waals surface area contributed by atoms with Gasteiger partial charge in [-0.1, -0.05) is 31.0 Å². The van der Waals surface area contributed by atoms with Gasteiger partial charge in [-0.3, -0.25) is 9.89 Å². The fourth-order valence-electron chi connectivity index (χ4n) is 6.88. The van der Waals surface area contributed by atoms with Crippen LogP contribution >= 0.6 is 0 Å². The third-order valence-corrected chi connectivity index (χ3v) is 8.47. The average Bonchev–Trinajstić information content (AvgIpc) is 3.63. The van der Waals surface area contributed by atoms with Gasteiger partial charge in [0.2, 0.25) is 5.95 Å². The molecule has 7 nitrogen and oxygen atoms in total. The molecule has 7 rings (SSSR count). The first kappa shape index (κ1) is 24.9. The number of aromatic nitrogens is 4. The molecule has 1 aromatic carbocycles. The van der Waals surface area contributed by atoms with Crippen molar-refractivity contribution >= 4 is 23.4 Å². The zero-order chi connectivity index (χ0) is 26.4. The van der Waals surface area contributed by atoms with E-state index < -0.39 is 11.7 Å². The first-order chi connectivity index (χ1) is 18.2. The van der Waals surface area contributed by atoms with E-state index in [1.807, 2.05) is 0 Å². The van der Waals surface area contributed by atoms with Crippen molar-refractivity contribution < 1.29 is 18.0 Å². The number of halogens is 3. The largest absolute Gasteiger partial charge is 0.416 e. The summed E-state index contributed by atoms with van der Waals surface area (Å²) < 4.78 is 39.0. The van der Waals surface area contributed by atoms with Gasteiger partial charge in [-0.25, -0.2) is 4.98 Å². The van der Waals surface area contributed by atoms with Crippen LogP contribution in [0.3, 0.4) is 0 Å². The summed E-state index contributed by atoms with van der Waals surface area (Å²) >= 11 is 0. The molecular weight excluding hydrogens is 493 g/mol. The fourth-order valence-corrected chi connectivity index (χ4v) is 6.88. The quantitative estimate of drug-likeness (QED) is 0.294. The number of ketones is 1. The minimum absolute atomic E-state index is 0.0155. The number of hydrogen-bond acceptors (Lipinski definition) is 6. The second kappa shape index (κ2) is 9.39. The third-order valence-electron chi connectivity index (χ3n) is 8.47. The number of nitrogens with zero attached hydrogens (tertiary/aromatic N) is 3. The summed E-state index contributed by atoms with van der Waals surface area (Å²) in [6.07, 6.45) is 6.12. The lowest BCUT2D eigenvalue weighted by Gasteiger charge is -2.47. The molecule has 0 radical (unpaired) electrons. The van der Waals surface area contributed by atoms with Gasteiger partial charge in [-0.05, 0) is 61.6 Å². The minimum atomic E-state index is -4.41. The van der Waals surface area contributed by atoms with Gasteiger partial charge in [-0.15, -0.1) is 0 Å². The number of anilines is 3. The van der Waals surface area contributed by atoms with Crippen LogP contribution in [0.5, 0.6) is 0 Å². The van der Waals surface area contributed by atoms with Crippen molar-refractivity contribution in [3.63, 3.8) is 0 Å². The number of alkyl halides is 3. The van der Waals surface area contributed by atoms with Crippen molar-refractivity contribution in [1.29, 1.82) is 0 Å². The molecule has 38 heavy (non-hydrogen) atoms. The molecular formula is C28H31F3N6O. The number of nitrogens with one attached hydrogen (secondary N) is 3. The Kier molecular flexibility index (Phi) is 6.15. The molecule has 4 aliphatic rings. The molecule has 4 fully saturated rings. The van der Waals surface area contributed by atoms with Crippen molar-refractivity contribution in [2.75, 3.05) is 10.6 Å². The number of carbonyl (C=O) groups excluding carboxylic acids is 1. The molecule has 2 heterocycles. The molecule has 3 aromatic rings. The average molecular weight is 525 g/mol. The summed E-state index contributed by atoms with van der Waals surface area (Å²) in [6.45, 7) is 0. The molecule has 4 saturated carbocycles. The number of Topliss-reactive ketones (excluding diaryl/α,β-unsaturated/α-hetero) is 1. The van der Waals surface area contributed by atoms with Gasteiger partial charge in [0.15, 0.2) is 5.82 Å². The van der Waals surface area contributed by atoms with E-state index in [2.05, 4.69) is 36.9 Å². The maximum Gasteiger partial charge on any atom is 0.416 e. The molecule has 2 aromatic heterocycles. The normalized spacial score (nSPS) is 24.8. The van der Waals surface area contributed by atoms with E-state index in [1.165, 1.54) is 31.7 Å². The number of hydrogen-bond donors (Lipinski definition) is 3. The summed E-state index contributed by atoms with van der Waals surface area (Å²) in [5.41, 5.74) is 0.625. The predicted molar refractivity (Wildman–Crippen MR) is 137 cm³/mol. The topological polar surface area (TPSA) is 95.6 Å². The highest BCUT2D eigenvalue weighted by Crippen LogP contribution is 2.64. The standard InChI is InChI=1S/C28H31F3N6O/c29-28(30,31)20-7-3-4-18(12-20)13-21(38)15-26-9-10-27(16-26,17-26)35-25-32-11-8-23(34-25)33-24-14-22(36-37-24)19-5-1-2-6-19/h3-4,7-8,11-12,14,19H,1-2,5-6,9-10,13,15-17H2,(H3,32,33,34,35,36,37). The van der Waals surface area contributed by atoms with E-state index >= 15 is 0 Å². The number of H-pyrrole nitrogens is 1. The molecule has 200 valence electrons. The SMILES string of the molecule is O=C(Cc1cccc(C(F)(F)F)c1)CC12CCC(Nc3nccc(Nc4cc(C5CCCC5)[nH]n4)n3)(C1)C2. The van der Waals surface area contributed by atoms with Crippen molar-refractivity contribution in [2.45, 2.75) is 81.8 Å². The molecule has 4 aliphatic carbocycles. The number of benzene rings is 1. The molecule has 0 spiro atoms. The van der Waals surface area contributed by atoms with Crippen LogP contribution in [0.25, 0.3) is 0 Å². The Morgan fingerprint density at radius 2 is 1.89 bits per heavy atom. The highest BCUT2D eigenvalue weighted by Gasteiger charge is 2.61. The Labute approximate surface area is 219 Å². The van der Waals surface area contributed by atoms with Gasteiger partial charge in [0.1, 0.15) is 11.6 Å². The number of rotatable bonds is 9. The smallest absolute Gasteiger partial charge is 0.349 e. The monoisotopic (exact) mass is 524 g/mol. The van der Waals surface area contributed by atoms with Crippen molar-refractivity contribution in [3.8, 4) is 0 Å². The maximum atomic E-state index is 13.0. The highest BCUT2D eigenvalue weighted by molar-refractivity contribution is 5.82. The number of aromatic amines is 1. The summed E-state index contributed by atoms with van der Waals surface area (Å²) in [4.78, 5) is 21.8. The van der Waals surface area contributed by atoms with E-state index in [9.17, 15) is 18.0 Å². The van der Waals surface area contributed by atoms with E-state index in [0.717, 1.165) is 49.3 Å². The van der Waals surface area contributed by atoms with Gasteiger partial charge in [0.05, 0.1) is 5.56 Å². The first-order valence-electron chi connectivity index (χ1n) is 13.3. The van der Waals surface area contributed by atoms with E-state index in [0.29, 0.717) is 29.7 Å². The molecule has 0 atom stereocenters. The zero-order valence-electron chi connectivity index (χ0n) is 21.1. The lowest BCUT2D eigenvalue weighted by Crippen LogP contribution is -2.50. The summed E-state index contributed by atoms with van der Waals surface area (Å²) in [5.74, 6) is 2.46. The third kappa shape index (κ3) is 5.13. The first-order valence-corrected chi connectivity index (χ1v) is 13.3. The van der Waals surface area contributed by atoms with Gasteiger partial charge in [0, 0.05) is 42.3 Å². The molecule has 2 bridgehead atoms. The summed E-state index contributed by atoms with van der Waals surface area (Å²) in [6, 6.07) is 8.92. The van der Waals surface area contributed by atoms with E-state index in [4.69, 9.17) is 0 Å². The van der Waals surface area contributed by atoms with E-state index in [1.54, 1.807) is 18.3 Å². The van der Waals surface area contributed by atoms with Crippen LogP contribution in [0.15, 0.2) is 42.6 Å². The van der Waals surface area contributed by atoms with Crippen molar-refractivity contribution in [2.24, 2.45) is 5.41 Å². The van der Waals surface area contributed by atoms with Crippen molar-refractivity contribution in [1.82, 2.24) is 20.2 Å². The maximum absolute atomic E-state index is 13.0. The van der Waals surface area contributed by atoms with Crippen LogP contribution in [0.1, 0.15) is 80.5 Å². The Hall–Kier alpha value is -3.43. The molecule has 0 saturated heterocycles. The van der Waals surface area contributed by atoms with Crippen molar-refractivity contribution in [3.05, 3.63) is 59.4 Å². The van der Waals surface area contributed by atoms with Crippen LogP contribution in [-0.2, 0) is 17.4 Å².